The zero-order valence-electron chi connectivity index (χ0n) is 16.2. The van der Waals surface area contributed by atoms with Crippen molar-refractivity contribution >= 4 is 15.9 Å². The van der Waals surface area contributed by atoms with E-state index in [1.54, 1.807) is 0 Å². The molecule has 1 aliphatic heterocycles. The zero-order chi connectivity index (χ0) is 18.9. The van der Waals surface area contributed by atoms with E-state index in [4.69, 9.17) is 4.99 Å². The first-order valence-corrected chi connectivity index (χ1v) is 12.2. The van der Waals surface area contributed by atoms with Crippen LogP contribution in [-0.4, -0.2) is 39.6 Å². The summed E-state index contributed by atoms with van der Waals surface area (Å²) in [7, 11) is -3.07. The van der Waals surface area contributed by atoms with Crippen LogP contribution >= 0.6 is 0 Å². The van der Waals surface area contributed by atoms with Crippen molar-refractivity contribution < 1.29 is 8.42 Å². The van der Waals surface area contributed by atoms with Crippen molar-refractivity contribution in [2.45, 2.75) is 56.9 Å². The summed E-state index contributed by atoms with van der Waals surface area (Å²) >= 11 is 0. The van der Waals surface area contributed by atoms with Crippen LogP contribution in [0.15, 0.2) is 29.3 Å². The molecule has 0 radical (unpaired) electrons. The van der Waals surface area contributed by atoms with E-state index in [-0.39, 0.29) is 0 Å². The first-order valence-electron chi connectivity index (χ1n) is 10.3. The molecule has 0 spiro atoms. The fraction of sp³-hybridized carbons (Fsp3) is 0.667. The van der Waals surface area contributed by atoms with Crippen LogP contribution in [0.2, 0.25) is 0 Å². The van der Waals surface area contributed by atoms with E-state index in [1.165, 1.54) is 42.5 Å². The van der Waals surface area contributed by atoms with Crippen molar-refractivity contribution in [2.75, 3.05) is 19.3 Å². The van der Waals surface area contributed by atoms with Gasteiger partial charge in [-0.1, -0.05) is 24.3 Å². The molecule has 1 fully saturated rings. The lowest BCUT2D eigenvalue weighted by Gasteiger charge is -2.29. The fourth-order valence-corrected chi connectivity index (χ4v) is 5.52. The van der Waals surface area contributed by atoms with Gasteiger partial charge in [-0.05, 0) is 61.5 Å². The molecule has 5 nitrogen and oxygen atoms in total. The third-order valence-corrected chi connectivity index (χ3v) is 7.25. The molecule has 2 aliphatic carbocycles. The topological polar surface area (TPSA) is 70.6 Å². The number of hydrogen-bond acceptors (Lipinski definition) is 4. The van der Waals surface area contributed by atoms with Crippen LogP contribution in [-0.2, 0) is 16.4 Å². The van der Waals surface area contributed by atoms with Gasteiger partial charge in [-0.2, -0.15) is 0 Å². The number of aliphatic imine (C=N–C) groups is 1. The first kappa shape index (κ1) is 18.9. The van der Waals surface area contributed by atoms with Gasteiger partial charge in [0.2, 0.25) is 10.0 Å². The Kier molecular flexibility index (Phi) is 5.55. The smallest absolute Gasteiger partial charge is 0.208 e. The van der Waals surface area contributed by atoms with Crippen molar-refractivity contribution in [3.8, 4) is 0 Å². The van der Waals surface area contributed by atoms with E-state index in [1.807, 2.05) is 0 Å². The molecule has 0 unspecified atom stereocenters. The molecule has 0 aromatic heterocycles. The molecular formula is C21H31N3O2S. The molecule has 1 aromatic carbocycles. The molecular weight excluding hydrogens is 358 g/mol. The maximum atomic E-state index is 11.2. The molecule has 1 saturated carbocycles. The molecule has 2 N–H and O–H groups in total. The highest BCUT2D eigenvalue weighted by atomic mass is 32.2. The minimum atomic E-state index is -3.07. The Balaban J connectivity index is 1.23. The molecule has 1 heterocycles. The third kappa shape index (κ3) is 4.72. The fourth-order valence-electron chi connectivity index (χ4n) is 4.99. The van der Waals surface area contributed by atoms with E-state index in [2.05, 4.69) is 34.3 Å². The van der Waals surface area contributed by atoms with Crippen molar-refractivity contribution in [2.24, 2.45) is 16.8 Å². The van der Waals surface area contributed by atoms with Crippen LogP contribution in [0.3, 0.4) is 0 Å². The van der Waals surface area contributed by atoms with Gasteiger partial charge >= 0.3 is 0 Å². The van der Waals surface area contributed by atoms with Gasteiger partial charge in [0.25, 0.3) is 0 Å². The van der Waals surface area contributed by atoms with Crippen LogP contribution in [0.1, 0.15) is 55.6 Å². The lowest BCUT2D eigenvalue weighted by molar-refractivity contribution is 0.275. The molecule has 0 saturated heterocycles. The Morgan fingerprint density at radius 3 is 2.48 bits per heavy atom. The van der Waals surface area contributed by atoms with Gasteiger partial charge in [-0.25, -0.2) is 13.1 Å². The predicted molar refractivity (Wildman–Crippen MR) is 110 cm³/mol. The first-order chi connectivity index (χ1) is 13.0. The second kappa shape index (κ2) is 7.92. The molecule has 27 heavy (non-hydrogen) atoms. The summed E-state index contributed by atoms with van der Waals surface area (Å²) in [6.45, 7) is 1.60. The number of amidine groups is 1. The second-order valence-corrected chi connectivity index (χ2v) is 10.4. The van der Waals surface area contributed by atoms with Gasteiger partial charge in [0, 0.05) is 25.4 Å². The SMILES string of the molecule is CS(=O)(=O)NCC1CCC(CNC2=N[C@@H]3CCc4ccccc4[C@@H]3C2)CC1. The lowest BCUT2D eigenvalue weighted by Crippen LogP contribution is -2.34. The van der Waals surface area contributed by atoms with E-state index in [0.29, 0.717) is 30.3 Å². The van der Waals surface area contributed by atoms with Crippen molar-refractivity contribution in [1.29, 1.82) is 0 Å². The van der Waals surface area contributed by atoms with E-state index >= 15 is 0 Å². The minimum Gasteiger partial charge on any atom is -0.374 e. The van der Waals surface area contributed by atoms with Crippen LogP contribution in [0.5, 0.6) is 0 Å². The van der Waals surface area contributed by atoms with Crippen LogP contribution < -0.4 is 10.0 Å². The Hall–Kier alpha value is -1.40. The number of rotatable bonds is 5. The van der Waals surface area contributed by atoms with Gasteiger partial charge in [-0.15, -0.1) is 0 Å². The number of nitrogens with zero attached hydrogens (tertiary/aromatic N) is 1. The monoisotopic (exact) mass is 389 g/mol. The number of aryl methyl sites for hydroxylation is 1. The minimum absolute atomic E-state index is 0.459. The molecule has 1 aromatic rings. The highest BCUT2D eigenvalue weighted by Crippen LogP contribution is 2.39. The molecule has 0 bridgehead atoms. The summed E-state index contributed by atoms with van der Waals surface area (Å²) in [6.07, 6.45) is 9.18. The van der Waals surface area contributed by atoms with Crippen molar-refractivity contribution in [3.05, 3.63) is 35.4 Å². The summed E-state index contributed by atoms with van der Waals surface area (Å²) in [5.41, 5.74) is 3.02. The largest absolute Gasteiger partial charge is 0.374 e. The molecule has 4 rings (SSSR count). The maximum Gasteiger partial charge on any atom is 0.208 e. The standard InChI is InChI=1S/C21H31N3O2S/c1-27(25,26)23-14-16-8-6-15(7-9-16)13-22-21-12-19-18-5-3-2-4-17(18)10-11-20(19)24-21/h2-5,15-16,19-20,23H,6-14H2,1H3,(H,22,24)/t15?,16?,19-,20+/m0/s1. The van der Waals surface area contributed by atoms with Crippen molar-refractivity contribution in [3.63, 3.8) is 0 Å². The molecule has 148 valence electrons. The van der Waals surface area contributed by atoms with E-state index < -0.39 is 10.0 Å². The summed E-state index contributed by atoms with van der Waals surface area (Å²) in [5.74, 6) is 2.93. The number of fused-ring (bicyclic) bond motifs is 3. The molecule has 2 atom stereocenters. The summed E-state index contributed by atoms with van der Waals surface area (Å²) in [6, 6.07) is 9.32. The number of hydrogen-bond donors (Lipinski definition) is 2. The molecule has 6 heteroatoms. The predicted octanol–water partition coefficient (Wildman–Crippen LogP) is 2.83. The van der Waals surface area contributed by atoms with Crippen LogP contribution in [0.4, 0.5) is 0 Å². The number of sulfonamides is 1. The van der Waals surface area contributed by atoms with Gasteiger partial charge < -0.3 is 5.32 Å². The van der Waals surface area contributed by atoms with Gasteiger partial charge in [0.15, 0.2) is 0 Å². The van der Waals surface area contributed by atoms with Crippen molar-refractivity contribution in [1.82, 2.24) is 10.0 Å². The highest BCUT2D eigenvalue weighted by molar-refractivity contribution is 7.88. The lowest BCUT2D eigenvalue weighted by atomic mass is 9.79. The zero-order valence-corrected chi connectivity index (χ0v) is 17.0. The molecule has 3 aliphatic rings. The quantitative estimate of drug-likeness (QED) is 0.813. The van der Waals surface area contributed by atoms with Crippen LogP contribution in [0, 0.1) is 11.8 Å². The maximum absolute atomic E-state index is 11.2. The Morgan fingerprint density at radius 2 is 1.74 bits per heavy atom. The Labute approximate surface area is 163 Å². The number of nitrogens with one attached hydrogen (secondary N) is 2. The average Bonchev–Trinajstić information content (AvgIpc) is 3.08. The van der Waals surface area contributed by atoms with E-state index in [9.17, 15) is 8.42 Å². The summed E-state index contributed by atoms with van der Waals surface area (Å²) in [5, 5.41) is 3.65. The summed E-state index contributed by atoms with van der Waals surface area (Å²) < 4.78 is 25.1. The Morgan fingerprint density at radius 1 is 1.04 bits per heavy atom. The van der Waals surface area contributed by atoms with Gasteiger partial charge in [0.1, 0.15) is 0 Å². The normalized spacial score (nSPS) is 30.3. The Bertz CT molecular complexity index is 797. The van der Waals surface area contributed by atoms with Crippen LogP contribution in [0.25, 0.3) is 0 Å². The molecule has 0 amide bonds. The second-order valence-electron chi connectivity index (χ2n) is 8.58. The highest BCUT2D eigenvalue weighted by Gasteiger charge is 2.35. The summed E-state index contributed by atoms with van der Waals surface area (Å²) in [4.78, 5) is 4.99. The third-order valence-electron chi connectivity index (χ3n) is 6.56. The number of benzene rings is 1. The van der Waals surface area contributed by atoms with Gasteiger partial charge in [0.05, 0.1) is 18.1 Å². The van der Waals surface area contributed by atoms with E-state index in [0.717, 1.165) is 32.2 Å². The van der Waals surface area contributed by atoms with Gasteiger partial charge in [-0.3, -0.25) is 4.99 Å². The average molecular weight is 390 g/mol.